The summed E-state index contributed by atoms with van der Waals surface area (Å²) in [4.78, 5) is 14.0. The zero-order chi connectivity index (χ0) is 11.4. The highest BCUT2D eigenvalue weighted by Gasteiger charge is 2.03. The number of aromatic amines is 1. The second-order valence-corrected chi connectivity index (χ2v) is 3.74. The van der Waals surface area contributed by atoms with Gasteiger partial charge in [-0.25, -0.2) is 0 Å². The first-order valence-electron chi connectivity index (χ1n) is 5.27. The zero-order valence-electron chi connectivity index (χ0n) is 8.82. The Hall–Kier alpha value is -1.81. The molecule has 0 radical (unpaired) electrons. The van der Waals surface area contributed by atoms with Crippen LogP contribution in [0.4, 0.5) is 0 Å². The fourth-order valence-electron chi connectivity index (χ4n) is 1.83. The summed E-state index contributed by atoms with van der Waals surface area (Å²) in [7, 11) is 0. The lowest BCUT2D eigenvalue weighted by atomic mass is 10.1. The molecule has 0 bridgehead atoms. The fourth-order valence-corrected chi connectivity index (χ4v) is 1.83. The van der Waals surface area contributed by atoms with Crippen LogP contribution in [0.25, 0.3) is 10.9 Å². The van der Waals surface area contributed by atoms with E-state index in [-0.39, 0.29) is 6.42 Å². The lowest BCUT2D eigenvalue weighted by molar-refractivity contribution is -0.120. The first-order chi connectivity index (χ1) is 7.81. The molecule has 0 fully saturated rings. The molecule has 0 saturated carbocycles. The summed E-state index contributed by atoms with van der Waals surface area (Å²) in [5, 5.41) is 11.2. The number of amides is 1. The highest BCUT2D eigenvalue weighted by molar-refractivity contribution is 5.83. The quantitative estimate of drug-likeness (QED) is 0.770. The summed E-state index contributed by atoms with van der Waals surface area (Å²) in [6, 6.07) is 8.04. The van der Waals surface area contributed by atoms with Crippen LogP contribution in [0, 0.1) is 5.21 Å². The second-order valence-electron chi connectivity index (χ2n) is 3.74. The van der Waals surface area contributed by atoms with Crippen molar-refractivity contribution in [2.24, 2.45) is 0 Å². The molecule has 1 aromatic heterocycles. The number of aromatic nitrogens is 1. The van der Waals surface area contributed by atoms with Crippen molar-refractivity contribution in [3.8, 4) is 0 Å². The summed E-state index contributed by atoms with van der Waals surface area (Å²) in [6.45, 7) is 0. The van der Waals surface area contributed by atoms with Crippen LogP contribution in [0.2, 0.25) is 0 Å². The number of hydrogen-bond acceptors (Lipinski definition) is 2. The number of aryl methyl sites for hydroxylation is 1. The van der Waals surface area contributed by atoms with Crippen molar-refractivity contribution in [2.45, 2.75) is 19.3 Å². The van der Waals surface area contributed by atoms with E-state index in [4.69, 9.17) is 0 Å². The van der Waals surface area contributed by atoms with Crippen molar-refractivity contribution >= 4 is 16.8 Å². The predicted molar refractivity (Wildman–Crippen MR) is 62.7 cm³/mol. The molecule has 0 aliphatic rings. The number of H-pyrrole nitrogens is 1. The Bertz CT molecular complexity index is 490. The van der Waals surface area contributed by atoms with Crippen LogP contribution in [0.5, 0.6) is 0 Å². The molecule has 0 spiro atoms. The molecule has 2 N–H and O–H groups in total. The van der Waals surface area contributed by atoms with Crippen LogP contribution in [-0.2, 0) is 11.2 Å². The summed E-state index contributed by atoms with van der Waals surface area (Å²) < 4.78 is 0. The van der Waals surface area contributed by atoms with Gasteiger partial charge in [0.15, 0.2) is 0 Å². The number of carbonyl (C=O) groups excluding carboxylic acids is 1. The fraction of sp³-hybridized carbons (Fsp3) is 0.250. The van der Waals surface area contributed by atoms with E-state index in [1.165, 1.54) is 16.4 Å². The van der Waals surface area contributed by atoms with Gasteiger partial charge in [-0.15, -0.1) is 0 Å². The van der Waals surface area contributed by atoms with Crippen LogP contribution in [0.1, 0.15) is 18.4 Å². The minimum atomic E-state index is -0.445. The largest absolute Gasteiger partial charge is 0.759 e. The third-order valence-electron chi connectivity index (χ3n) is 2.64. The molecule has 1 amide bonds. The van der Waals surface area contributed by atoms with Gasteiger partial charge in [-0.05, 0) is 24.5 Å². The first-order valence-corrected chi connectivity index (χ1v) is 5.27. The van der Waals surface area contributed by atoms with Gasteiger partial charge in [-0.2, -0.15) is 0 Å². The molecule has 0 aliphatic carbocycles. The maximum Gasteiger partial charge on any atom is 0.209 e. The van der Waals surface area contributed by atoms with Crippen molar-refractivity contribution < 1.29 is 4.79 Å². The molecule has 2 rings (SSSR count). The van der Waals surface area contributed by atoms with Gasteiger partial charge in [0.2, 0.25) is 5.91 Å². The van der Waals surface area contributed by atoms with E-state index in [0.29, 0.717) is 6.42 Å². The molecular formula is C12H13N2O2-. The molecule has 1 aromatic carbocycles. The lowest BCUT2D eigenvalue weighted by Gasteiger charge is -2.06. The Kier molecular flexibility index (Phi) is 3.22. The minimum Gasteiger partial charge on any atom is -0.759 e. The van der Waals surface area contributed by atoms with E-state index in [0.717, 1.165) is 11.9 Å². The van der Waals surface area contributed by atoms with E-state index in [1.807, 2.05) is 24.4 Å². The van der Waals surface area contributed by atoms with Crippen molar-refractivity contribution in [1.82, 2.24) is 10.5 Å². The van der Waals surface area contributed by atoms with Gasteiger partial charge in [0.05, 0.1) is 0 Å². The summed E-state index contributed by atoms with van der Waals surface area (Å²) >= 11 is 0. The van der Waals surface area contributed by atoms with Crippen molar-refractivity contribution in [3.63, 3.8) is 0 Å². The van der Waals surface area contributed by atoms with E-state index in [1.54, 1.807) is 0 Å². The molecule has 1 heterocycles. The molecule has 4 heteroatoms. The molecule has 0 unspecified atom stereocenters. The van der Waals surface area contributed by atoms with Gasteiger partial charge >= 0.3 is 0 Å². The number of benzene rings is 1. The van der Waals surface area contributed by atoms with E-state index < -0.39 is 5.91 Å². The summed E-state index contributed by atoms with van der Waals surface area (Å²) in [5.41, 5.74) is 3.68. The number of para-hydroxylation sites is 1. The Morgan fingerprint density at radius 2 is 2.19 bits per heavy atom. The summed E-state index contributed by atoms with van der Waals surface area (Å²) in [5.74, 6) is -0.445. The van der Waals surface area contributed by atoms with Gasteiger partial charge in [-0.3, -0.25) is 4.79 Å². The van der Waals surface area contributed by atoms with E-state index in [9.17, 15) is 10.0 Å². The van der Waals surface area contributed by atoms with Gasteiger partial charge in [-0.1, -0.05) is 18.2 Å². The van der Waals surface area contributed by atoms with Gasteiger partial charge in [0.25, 0.3) is 0 Å². The zero-order valence-corrected chi connectivity index (χ0v) is 8.82. The first kappa shape index (κ1) is 10.7. The number of rotatable bonds is 4. The van der Waals surface area contributed by atoms with Gasteiger partial charge < -0.3 is 15.7 Å². The van der Waals surface area contributed by atoms with Crippen LogP contribution in [0.3, 0.4) is 0 Å². The predicted octanol–water partition coefficient (Wildman–Crippen LogP) is 2.10. The van der Waals surface area contributed by atoms with Crippen LogP contribution in [-0.4, -0.2) is 10.9 Å². The third-order valence-corrected chi connectivity index (χ3v) is 2.64. The van der Waals surface area contributed by atoms with Gasteiger partial charge in [0, 0.05) is 23.5 Å². The maximum atomic E-state index is 10.8. The Morgan fingerprint density at radius 1 is 1.38 bits per heavy atom. The molecular weight excluding hydrogens is 204 g/mol. The third kappa shape index (κ3) is 2.23. The standard InChI is InChI=1S/C12H13N2O2/c15-12(14-16)7-3-4-9-8-13-11-6-2-1-5-10(9)11/h1-2,5-6,8,13H,3-4,7H2,(H-,14,15,16)/q-1. The van der Waals surface area contributed by atoms with E-state index >= 15 is 0 Å². The Morgan fingerprint density at radius 3 is 3.00 bits per heavy atom. The van der Waals surface area contributed by atoms with Crippen molar-refractivity contribution in [2.75, 3.05) is 0 Å². The summed E-state index contributed by atoms with van der Waals surface area (Å²) in [6.07, 6.45) is 3.73. The molecule has 16 heavy (non-hydrogen) atoms. The second kappa shape index (κ2) is 4.81. The Balaban J connectivity index is 2.02. The number of hydrogen-bond donors (Lipinski definition) is 2. The molecule has 4 nitrogen and oxygen atoms in total. The number of hydroxylamine groups is 1. The van der Waals surface area contributed by atoms with Crippen molar-refractivity contribution in [3.05, 3.63) is 41.2 Å². The number of carbonyl (C=O) groups is 1. The smallest absolute Gasteiger partial charge is 0.209 e. The molecule has 0 saturated heterocycles. The van der Waals surface area contributed by atoms with E-state index in [2.05, 4.69) is 11.1 Å². The number of fused-ring (bicyclic) bond motifs is 1. The molecule has 84 valence electrons. The minimum absolute atomic E-state index is 0.281. The molecule has 0 atom stereocenters. The average molecular weight is 217 g/mol. The topological polar surface area (TPSA) is 68.0 Å². The van der Waals surface area contributed by atoms with Crippen LogP contribution in [0.15, 0.2) is 30.5 Å². The highest BCUT2D eigenvalue weighted by atomic mass is 16.5. The molecule has 2 aromatic rings. The average Bonchev–Trinajstić information content (AvgIpc) is 2.73. The van der Waals surface area contributed by atoms with Crippen LogP contribution < -0.4 is 5.48 Å². The lowest BCUT2D eigenvalue weighted by Crippen LogP contribution is -2.15. The SMILES string of the molecule is O=C(CCCc1c[nH]c2ccccc12)N[O-]. The van der Waals surface area contributed by atoms with Gasteiger partial charge in [0.1, 0.15) is 0 Å². The highest BCUT2D eigenvalue weighted by Crippen LogP contribution is 2.19. The normalized spacial score (nSPS) is 10.6. The van der Waals surface area contributed by atoms with Crippen molar-refractivity contribution in [1.29, 1.82) is 0 Å². The Labute approximate surface area is 93.2 Å². The van der Waals surface area contributed by atoms with Crippen LogP contribution >= 0.6 is 0 Å². The molecule has 0 aliphatic heterocycles. The monoisotopic (exact) mass is 217 g/mol. The number of nitrogens with one attached hydrogen (secondary N) is 2. The maximum absolute atomic E-state index is 10.8.